The topological polar surface area (TPSA) is 55.6 Å². The zero-order valence-corrected chi connectivity index (χ0v) is 12.9. The van der Waals surface area contributed by atoms with Gasteiger partial charge in [0.05, 0.1) is 17.7 Å². The van der Waals surface area contributed by atoms with Crippen LogP contribution in [0.5, 0.6) is 0 Å². The van der Waals surface area contributed by atoms with Crippen LogP contribution in [0.2, 0.25) is 5.02 Å². The molecule has 0 aliphatic rings. The van der Waals surface area contributed by atoms with Crippen molar-refractivity contribution in [1.82, 2.24) is 0 Å². The number of anilines is 2. The van der Waals surface area contributed by atoms with Gasteiger partial charge in [-0.25, -0.2) is 4.79 Å². The summed E-state index contributed by atoms with van der Waals surface area (Å²) in [5.74, 6) is -0.477. The van der Waals surface area contributed by atoms with Crippen LogP contribution in [0.25, 0.3) is 11.1 Å². The van der Waals surface area contributed by atoms with Gasteiger partial charge in [0, 0.05) is 31.0 Å². The molecule has 4 nitrogen and oxygen atoms in total. The Kier molecular flexibility index (Phi) is 4.38. The summed E-state index contributed by atoms with van der Waals surface area (Å²) in [5, 5.41) is 0.498. The molecule has 2 rings (SSSR count). The van der Waals surface area contributed by atoms with Crippen molar-refractivity contribution in [3.05, 3.63) is 47.0 Å². The van der Waals surface area contributed by atoms with Gasteiger partial charge in [0.25, 0.3) is 0 Å². The maximum absolute atomic E-state index is 11.7. The van der Waals surface area contributed by atoms with E-state index in [1.807, 2.05) is 43.3 Å². The summed E-state index contributed by atoms with van der Waals surface area (Å²) < 4.78 is 4.73. The molecule has 5 heteroatoms. The molecule has 0 aliphatic carbocycles. The summed E-state index contributed by atoms with van der Waals surface area (Å²) in [5.41, 5.74) is 9.18. The van der Waals surface area contributed by atoms with Crippen molar-refractivity contribution in [2.45, 2.75) is 0 Å². The van der Waals surface area contributed by atoms with E-state index >= 15 is 0 Å². The molecule has 0 fully saturated rings. The molecule has 0 saturated carbocycles. The molecule has 21 heavy (non-hydrogen) atoms. The van der Waals surface area contributed by atoms with Crippen LogP contribution in [-0.2, 0) is 4.74 Å². The van der Waals surface area contributed by atoms with Gasteiger partial charge in [-0.3, -0.25) is 0 Å². The van der Waals surface area contributed by atoms with E-state index in [4.69, 9.17) is 22.1 Å². The summed E-state index contributed by atoms with van der Waals surface area (Å²) in [4.78, 5) is 13.7. The molecule has 2 aromatic carbocycles. The summed E-state index contributed by atoms with van der Waals surface area (Å²) in [6.07, 6.45) is 0. The van der Waals surface area contributed by atoms with Crippen molar-refractivity contribution in [2.75, 3.05) is 31.8 Å². The van der Waals surface area contributed by atoms with E-state index in [0.717, 1.165) is 16.8 Å². The number of esters is 1. The number of carbonyl (C=O) groups is 1. The van der Waals surface area contributed by atoms with Crippen LogP contribution in [0.15, 0.2) is 36.4 Å². The molecule has 110 valence electrons. The second-order valence-electron chi connectivity index (χ2n) is 4.85. The number of methoxy groups -OCH3 is 1. The van der Waals surface area contributed by atoms with Crippen molar-refractivity contribution in [3.8, 4) is 11.1 Å². The van der Waals surface area contributed by atoms with Crippen molar-refractivity contribution < 1.29 is 9.53 Å². The Bertz CT molecular complexity index is 667. The molecule has 0 aliphatic heterocycles. The first-order valence-electron chi connectivity index (χ1n) is 6.39. The lowest BCUT2D eigenvalue weighted by Gasteiger charge is -2.14. The van der Waals surface area contributed by atoms with Crippen molar-refractivity contribution >= 4 is 28.9 Å². The minimum absolute atomic E-state index is 0.306. The van der Waals surface area contributed by atoms with E-state index in [1.54, 1.807) is 12.1 Å². The number of nitrogens with zero attached hydrogens (tertiary/aromatic N) is 1. The number of ether oxygens (including phenoxy) is 1. The van der Waals surface area contributed by atoms with Crippen LogP contribution in [-0.4, -0.2) is 27.2 Å². The van der Waals surface area contributed by atoms with Gasteiger partial charge in [-0.05, 0) is 29.8 Å². The first-order valence-corrected chi connectivity index (χ1v) is 6.77. The molecule has 0 saturated heterocycles. The van der Waals surface area contributed by atoms with Gasteiger partial charge in [-0.2, -0.15) is 0 Å². The lowest BCUT2D eigenvalue weighted by Crippen LogP contribution is -2.08. The zero-order chi connectivity index (χ0) is 15.6. The fourth-order valence-electron chi connectivity index (χ4n) is 2.04. The largest absolute Gasteiger partial charge is 0.465 e. The molecule has 2 aromatic rings. The molecular formula is C16H17ClN2O2. The number of benzene rings is 2. The lowest BCUT2D eigenvalue weighted by molar-refractivity contribution is 0.0602. The number of carbonyl (C=O) groups excluding carboxylic acids is 1. The van der Waals surface area contributed by atoms with E-state index in [1.165, 1.54) is 7.11 Å². The number of hydrogen-bond acceptors (Lipinski definition) is 4. The highest BCUT2D eigenvalue weighted by molar-refractivity contribution is 6.34. The van der Waals surface area contributed by atoms with Crippen molar-refractivity contribution in [1.29, 1.82) is 0 Å². The standard InChI is InChI=1S/C16H17ClN2O2/c1-19(2)11-6-4-10(5-7-11)12-8-13(16(20)21-3)15(18)9-14(12)17/h4-9H,18H2,1-3H3. The van der Waals surface area contributed by atoms with Gasteiger partial charge < -0.3 is 15.4 Å². The highest BCUT2D eigenvalue weighted by atomic mass is 35.5. The van der Waals surface area contributed by atoms with Gasteiger partial charge in [-0.15, -0.1) is 0 Å². The molecule has 0 atom stereocenters. The Morgan fingerprint density at radius 1 is 1.19 bits per heavy atom. The summed E-state index contributed by atoms with van der Waals surface area (Å²) in [6, 6.07) is 11.1. The molecule has 0 radical (unpaired) electrons. The Morgan fingerprint density at radius 3 is 2.33 bits per heavy atom. The third kappa shape index (κ3) is 3.11. The van der Waals surface area contributed by atoms with Crippen molar-refractivity contribution in [2.24, 2.45) is 0 Å². The fourth-order valence-corrected chi connectivity index (χ4v) is 2.32. The Morgan fingerprint density at radius 2 is 1.81 bits per heavy atom. The molecule has 0 spiro atoms. The van der Waals surface area contributed by atoms with Gasteiger partial charge in [-0.1, -0.05) is 23.7 Å². The van der Waals surface area contributed by atoms with E-state index in [9.17, 15) is 4.79 Å². The first kappa shape index (κ1) is 15.2. The van der Waals surface area contributed by atoms with Crippen LogP contribution in [0, 0.1) is 0 Å². The Labute approximate surface area is 129 Å². The average Bonchev–Trinajstić information content (AvgIpc) is 2.47. The molecular weight excluding hydrogens is 288 g/mol. The van der Waals surface area contributed by atoms with Crippen molar-refractivity contribution in [3.63, 3.8) is 0 Å². The summed E-state index contributed by atoms with van der Waals surface area (Å²) in [7, 11) is 5.27. The highest BCUT2D eigenvalue weighted by Gasteiger charge is 2.14. The number of halogens is 1. The van der Waals surface area contributed by atoms with E-state index in [0.29, 0.717) is 16.3 Å². The number of nitrogens with two attached hydrogens (primary N) is 1. The van der Waals surface area contributed by atoms with E-state index < -0.39 is 5.97 Å². The maximum atomic E-state index is 11.7. The number of nitrogen functional groups attached to an aromatic ring is 1. The minimum Gasteiger partial charge on any atom is -0.465 e. The van der Waals surface area contributed by atoms with Crippen LogP contribution < -0.4 is 10.6 Å². The van der Waals surface area contributed by atoms with Gasteiger partial charge in [0.2, 0.25) is 0 Å². The molecule has 0 aromatic heterocycles. The zero-order valence-electron chi connectivity index (χ0n) is 12.2. The van der Waals surface area contributed by atoms with Gasteiger partial charge >= 0.3 is 5.97 Å². The lowest BCUT2D eigenvalue weighted by atomic mass is 10.0. The van der Waals surface area contributed by atoms with Crippen LogP contribution in [0.1, 0.15) is 10.4 Å². The minimum atomic E-state index is -0.477. The van der Waals surface area contributed by atoms with Gasteiger partial charge in [0.15, 0.2) is 0 Å². The average molecular weight is 305 g/mol. The summed E-state index contributed by atoms with van der Waals surface area (Å²) >= 11 is 6.24. The van der Waals surface area contributed by atoms with E-state index in [2.05, 4.69) is 0 Å². The smallest absolute Gasteiger partial charge is 0.339 e. The van der Waals surface area contributed by atoms with Gasteiger partial charge in [0.1, 0.15) is 0 Å². The monoisotopic (exact) mass is 304 g/mol. The SMILES string of the molecule is COC(=O)c1cc(-c2ccc(N(C)C)cc2)c(Cl)cc1N. The molecule has 0 amide bonds. The highest BCUT2D eigenvalue weighted by Crippen LogP contribution is 2.33. The fraction of sp³-hybridized carbons (Fsp3) is 0.188. The van der Waals surface area contributed by atoms with Crippen LogP contribution >= 0.6 is 11.6 Å². The first-order chi connectivity index (χ1) is 9.93. The van der Waals surface area contributed by atoms with E-state index in [-0.39, 0.29) is 0 Å². The second kappa shape index (κ2) is 6.06. The Hall–Kier alpha value is -2.20. The third-order valence-electron chi connectivity index (χ3n) is 3.24. The Balaban J connectivity index is 2.50. The van der Waals surface area contributed by atoms with Crippen LogP contribution in [0.4, 0.5) is 11.4 Å². The van der Waals surface area contributed by atoms with Crippen LogP contribution in [0.3, 0.4) is 0 Å². The normalized spacial score (nSPS) is 10.3. The number of rotatable bonds is 3. The third-order valence-corrected chi connectivity index (χ3v) is 3.55. The maximum Gasteiger partial charge on any atom is 0.339 e. The summed E-state index contributed by atoms with van der Waals surface area (Å²) in [6.45, 7) is 0. The molecule has 2 N–H and O–H groups in total. The molecule has 0 unspecified atom stereocenters. The number of hydrogen-bond donors (Lipinski definition) is 1. The predicted octanol–water partition coefficient (Wildman–Crippen LogP) is 3.44. The molecule has 0 heterocycles. The molecule has 0 bridgehead atoms. The predicted molar refractivity (Wildman–Crippen MR) is 87.0 cm³/mol. The quantitative estimate of drug-likeness (QED) is 0.697. The second-order valence-corrected chi connectivity index (χ2v) is 5.26.